The summed E-state index contributed by atoms with van der Waals surface area (Å²) in [6.45, 7) is 0. The Morgan fingerprint density at radius 3 is 2.69 bits per heavy atom. The second-order valence-electron chi connectivity index (χ2n) is 2.83. The average Bonchev–Trinajstić information content (AvgIpc) is 2.19. The molecule has 0 saturated carbocycles. The lowest BCUT2D eigenvalue weighted by molar-refractivity contribution is 0.652. The first-order chi connectivity index (χ1) is 6.36. The number of nitrogens with two attached hydrogens (primary N) is 1. The summed E-state index contributed by atoms with van der Waals surface area (Å²) in [6.07, 6.45) is 3.32. The minimum atomic E-state index is -0.319. The van der Waals surface area contributed by atoms with E-state index in [9.17, 15) is 0 Å². The van der Waals surface area contributed by atoms with E-state index in [2.05, 4.69) is 10.3 Å². The molecule has 1 unspecified atom stereocenters. The minimum Gasteiger partial charge on any atom is -0.351 e. The zero-order valence-corrected chi connectivity index (χ0v) is 7.14. The standard InChI is InChI=1S/C10H11N3/c11-10-12-7-6-9(13-10)8-4-2-1-3-5-8/h1-7,10,13H,11H2. The van der Waals surface area contributed by atoms with Gasteiger partial charge in [-0.15, -0.1) is 0 Å². The third-order valence-electron chi connectivity index (χ3n) is 1.88. The molecular formula is C10H11N3. The molecule has 0 fully saturated rings. The number of nitrogens with zero attached hydrogens (tertiary/aromatic N) is 1. The molecule has 13 heavy (non-hydrogen) atoms. The van der Waals surface area contributed by atoms with E-state index in [1.165, 1.54) is 0 Å². The molecule has 0 aliphatic carbocycles. The number of nitrogens with one attached hydrogen (secondary N) is 1. The van der Waals surface area contributed by atoms with Crippen molar-refractivity contribution in [3.8, 4) is 0 Å². The van der Waals surface area contributed by atoms with Crippen LogP contribution in [0.1, 0.15) is 5.56 Å². The number of hydrogen-bond acceptors (Lipinski definition) is 3. The van der Waals surface area contributed by atoms with Crippen molar-refractivity contribution in [2.24, 2.45) is 10.7 Å². The third kappa shape index (κ3) is 1.76. The van der Waals surface area contributed by atoms with E-state index in [1.54, 1.807) is 6.21 Å². The Balaban J connectivity index is 2.28. The number of allylic oxidation sites excluding steroid dienone is 1. The van der Waals surface area contributed by atoms with Crippen LogP contribution >= 0.6 is 0 Å². The van der Waals surface area contributed by atoms with Crippen LogP contribution in [0.25, 0.3) is 5.70 Å². The van der Waals surface area contributed by atoms with E-state index < -0.39 is 0 Å². The molecule has 3 nitrogen and oxygen atoms in total. The second kappa shape index (κ2) is 3.41. The molecule has 1 aliphatic heterocycles. The highest BCUT2D eigenvalue weighted by Crippen LogP contribution is 2.11. The predicted octanol–water partition coefficient (Wildman–Crippen LogP) is 0.944. The molecule has 0 bridgehead atoms. The summed E-state index contributed by atoms with van der Waals surface area (Å²) in [6, 6.07) is 10.0. The van der Waals surface area contributed by atoms with Gasteiger partial charge in [0.05, 0.1) is 0 Å². The van der Waals surface area contributed by atoms with Crippen LogP contribution in [0.5, 0.6) is 0 Å². The molecule has 0 spiro atoms. The van der Waals surface area contributed by atoms with Gasteiger partial charge in [-0.3, -0.25) is 10.7 Å². The van der Waals surface area contributed by atoms with E-state index in [1.807, 2.05) is 36.4 Å². The molecule has 0 aromatic heterocycles. The largest absolute Gasteiger partial charge is 0.351 e. The van der Waals surface area contributed by atoms with Crippen molar-refractivity contribution in [3.05, 3.63) is 42.0 Å². The Hall–Kier alpha value is -1.61. The smallest absolute Gasteiger partial charge is 0.171 e. The summed E-state index contributed by atoms with van der Waals surface area (Å²) in [5.74, 6) is 0. The van der Waals surface area contributed by atoms with Crippen LogP contribution in [0.3, 0.4) is 0 Å². The number of benzene rings is 1. The molecule has 66 valence electrons. The monoisotopic (exact) mass is 173 g/mol. The number of rotatable bonds is 1. The first-order valence-corrected chi connectivity index (χ1v) is 4.17. The summed E-state index contributed by atoms with van der Waals surface area (Å²) < 4.78 is 0. The van der Waals surface area contributed by atoms with Gasteiger partial charge in [0.2, 0.25) is 0 Å². The van der Waals surface area contributed by atoms with Gasteiger partial charge in [0.1, 0.15) is 0 Å². The van der Waals surface area contributed by atoms with Gasteiger partial charge in [-0.05, 0) is 11.6 Å². The molecule has 0 amide bonds. The quantitative estimate of drug-likeness (QED) is 0.664. The molecule has 1 aliphatic rings. The highest BCUT2D eigenvalue weighted by molar-refractivity contribution is 5.85. The normalized spacial score (nSPS) is 20.7. The molecule has 1 heterocycles. The minimum absolute atomic E-state index is 0.319. The highest BCUT2D eigenvalue weighted by atomic mass is 15.2. The summed E-state index contributed by atoms with van der Waals surface area (Å²) >= 11 is 0. The lowest BCUT2D eigenvalue weighted by Crippen LogP contribution is -2.36. The van der Waals surface area contributed by atoms with Crippen LogP contribution in [-0.2, 0) is 0 Å². The van der Waals surface area contributed by atoms with E-state index in [0.29, 0.717) is 0 Å². The van der Waals surface area contributed by atoms with Gasteiger partial charge in [-0.1, -0.05) is 30.3 Å². The van der Waals surface area contributed by atoms with Crippen molar-refractivity contribution in [1.29, 1.82) is 0 Å². The Labute approximate surface area is 77.0 Å². The topological polar surface area (TPSA) is 50.4 Å². The van der Waals surface area contributed by atoms with Crippen molar-refractivity contribution in [2.45, 2.75) is 6.29 Å². The molecule has 3 heteroatoms. The lowest BCUT2D eigenvalue weighted by Gasteiger charge is -2.17. The molecule has 0 radical (unpaired) electrons. The summed E-state index contributed by atoms with van der Waals surface area (Å²) in [4.78, 5) is 3.97. The maximum atomic E-state index is 5.61. The fourth-order valence-corrected chi connectivity index (χ4v) is 1.25. The van der Waals surface area contributed by atoms with E-state index in [-0.39, 0.29) is 6.29 Å². The molecule has 1 aromatic rings. The van der Waals surface area contributed by atoms with Crippen molar-refractivity contribution >= 4 is 11.9 Å². The highest BCUT2D eigenvalue weighted by Gasteiger charge is 2.06. The van der Waals surface area contributed by atoms with Crippen molar-refractivity contribution in [3.63, 3.8) is 0 Å². The van der Waals surface area contributed by atoms with E-state index in [4.69, 9.17) is 5.73 Å². The van der Waals surface area contributed by atoms with E-state index >= 15 is 0 Å². The van der Waals surface area contributed by atoms with Crippen molar-refractivity contribution < 1.29 is 0 Å². The maximum absolute atomic E-state index is 5.61. The maximum Gasteiger partial charge on any atom is 0.171 e. The van der Waals surface area contributed by atoms with Gasteiger partial charge in [0.15, 0.2) is 6.29 Å². The van der Waals surface area contributed by atoms with Gasteiger partial charge >= 0.3 is 0 Å². The zero-order chi connectivity index (χ0) is 9.10. The average molecular weight is 173 g/mol. The van der Waals surface area contributed by atoms with E-state index in [0.717, 1.165) is 11.3 Å². The van der Waals surface area contributed by atoms with Crippen LogP contribution in [0.4, 0.5) is 0 Å². The van der Waals surface area contributed by atoms with Gasteiger partial charge in [-0.2, -0.15) is 0 Å². The van der Waals surface area contributed by atoms with Crippen molar-refractivity contribution in [1.82, 2.24) is 5.32 Å². The lowest BCUT2D eigenvalue weighted by atomic mass is 10.1. The number of aliphatic imine (C=N–C) groups is 1. The Bertz CT molecular complexity index is 340. The van der Waals surface area contributed by atoms with Crippen molar-refractivity contribution in [2.75, 3.05) is 0 Å². The van der Waals surface area contributed by atoms with Crippen LogP contribution < -0.4 is 11.1 Å². The third-order valence-corrected chi connectivity index (χ3v) is 1.88. The summed E-state index contributed by atoms with van der Waals surface area (Å²) in [5, 5.41) is 3.07. The molecule has 2 rings (SSSR count). The van der Waals surface area contributed by atoms with Crippen LogP contribution in [0.15, 0.2) is 41.4 Å². The van der Waals surface area contributed by atoms with Crippen LogP contribution in [0, 0.1) is 0 Å². The summed E-state index contributed by atoms with van der Waals surface area (Å²) in [5.41, 5.74) is 7.76. The van der Waals surface area contributed by atoms with Gasteiger partial charge < -0.3 is 5.32 Å². The van der Waals surface area contributed by atoms with Crippen LogP contribution in [0.2, 0.25) is 0 Å². The first-order valence-electron chi connectivity index (χ1n) is 4.17. The molecule has 1 atom stereocenters. The Morgan fingerprint density at radius 1 is 1.23 bits per heavy atom. The van der Waals surface area contributed by atoms with Gasteiger partial charge in [0.25, 0.3) is 0 Å². The summed E-state index contributed by atoms with van der Waals surface area (Å²) in [7, 11) is 0. The first kappa shape index (κ1) is 8.01. The SMILES string of the molecule is NC1N=CC=C(c2ccccc2)N1. The fraction of sp³-hybridized carbons (Fsp3) is 0.100. The molecular weight excluding hydrogens is 162 g/mol. The van der Waals surface area contributed by atoms with Gasteiger partial charge in [-0.25, -0.2) is 0 Å². The Kier molecular flexibility index (Phi) is 2.10. The fourth-order valence-electron chi connectivity index (χ4n) is 1.25. The Morgan fingerprint density at radius 2 is 2.00 bits per heavy atom. The zero-order valence-electron chi connectivity index (χ0n) is 7.14. The number of hydrogen-bond donors (Lipinski definition) is 2. The molecule has 3 N–H and O–H groups in total. The molecule has 0 saturated heterocycles. The molecule has 1 aromatic carbocycles. The van der Waals surface area contributed by atoms with Crippen LogP contribution in [-0.4, -0.2) is 12.5 Å². The predicted molar refractivity (Wildman–Crippen MR) is 54.0 cm³/mol. The van der Waals surface area contributed by atoms with Gasteiger partial charge in [0, 0.05) is 11.9 Å². The second-order valence-corrected chi connectivity index (χ2v) is 2.83.